The molecule has 0 saturated carbocycles. The fraction of sp³-hybridized carbons (Fsp3) is 0.125. The van der Waals surface area contributed by atoms with Gasteiger partial charge in [0.1, 0.15) is 0 Å². The van der Waals surface area contributed by atoms with Gasteiger partial charge in [0.2, 0.25) is 0 Å². The van der Waals surface area contributed by atoms with Gasteiger partial charge in [-0.25, -0.2) is 0 Å². The van der Waals surface area contributed by atoms with Crippen molar-refractivity contribution in [3.63, 3.8) is 0 Å². The van der Waals surface area contributed by atoms with Gasteiger partial charge in [0.25, 0.3) is 0 Å². The van der Waals surface area contributed by atoms with Gasteiger partial charge in [0.05, 0.1) is 0 Å². The summed E-state index contributed by atoms with van der Waals surface area (Å²) < 4.78 is 0. The molecule has 1 nitrogen and oxygen atoms in total. The van der Waals surface area contributed by atoms with Crippen LogP contribution < -0.4 is 5.73 Å². The van der Waals surface area contributed by atoms with E-state index in [0.717, 1.165) is 12.0 Å². The summed E-state index contributed by atoms with van der Waals surface area (Å²) in [6.45, 7) is 3.74. The van der Waals surface area contributed by atoms with Gasteiger partial charge in [0, 0.05) is 6.04 Å². The highest BCUT2D eigenvalue weighted by Gasteiger charge is 2.06. The van der Waals surface area contributed by atoms with Crippen LogP contribution in [-0.2, 0) is 6.42 Å². The van der Waals surface area contributed by atoms with Crippen LogP contribution in [0.15, 0.2) is 61.2 Å². The van der Waals surface area contributed by atoms with Gasteiger partial charge in [-0.15, -0.1) is 12.4 Å². The van der Waals surface area contributed by atoms with Crippen molar-refractivity contribution in [3.05, 3.63) is 77.9 Å². The van der Waals surface area contributed by atoms with Crippen molar-refractivity contribution >= 4 is 18.5 Å². The molecule has 2 rings (SSSR count). The predicted octanol–water partition coefficient (Wildman–Crippen LogP) is 3.99. The molecule has 2 N–H and O–H groups in total. The third-order valence-electron chi connectivity index (χ3n) is 2.90. The summed E-state index contributed by atoms with van der Waals surface area (Å²) in [5.74, 6) is 0. The lowest BCUT2D eigenvalue weighted by Gasteiger charge is -2.12. The minimum Gasteiger partial charge on any atom is -0.324 e. The van der Waals surface area contributed by atoms with E-state index < -0.39 is 0 Å². The molecule has 18 heavy (non-hydrogen) atoms. The Labute approximate surface area is 115 Å². The normalized spacial score (nSPS) is 11.4. The molecule has 2 aromatic carbocycles. The molecule has 94 valence electrons. The van der Waals surface area contributed by atoms with Crippen molar-refractivity contribution in [2.75, 3.05) is 0 Å². The van der Waals surface area contributed by atoms with E-state index in [1.165, 1.54) is 11.1 Å². The topological polar surface area (TPSA) is 26.0 Å². The number of hydrogen-bond donors (Lipinski definition) is 1. The Morgan fingerprint density at radius 3 is 2.17 bits per heavy atom. The van der Waals surface area contributed by atoms with Gasteiger partial charge in [-0.1, -0.05) is 67.3 Å². The average molecular weight is 260 g/mol. The molecule has 0 fully saturated rings. The van der Waals surface area contributed by atoms with Crippen LogP contribution in [0.3, 0.4) is 0 Å². The molecular weight excluding hydrogens is 242 g/mol. The highest BCUT2D eigenvalue weighted by atomic mass is 35.5. The summed E-state index contributed by atoms with van der Waals surface area (Å²) in [7, 11) is 0. The zero-order valence-electron chi connectivity index (χ0n) is 10.3. The van der Waals surface area contributed by atoms with Crippen LogP contribution in [0.5, 0.6) is 0 Å². The molecule has 0 aliphatic carbocycles. The van der Waals surface area contributed by atoms with Crippen LogP contribution in [-0.4, -0.2) is 0 Å². The van der Waals surface area contributed by atoms with E-state index in [0.29, 0.717) is 0 Å². The first-order chi connectivity index (χ1) is 8.29. The molecule has 0 unspecified atom stereocenters. The number of halogens is 1. The van der Waals surface area contributed by atoms with E-state index in [9.17, 15) is 0 Å². The van der Waals surface area contributed by atoms with Gasteiger partial charge in [0.15, 0.2) is 0 Å². The standard InChI is InChI=1S/C16H17N.ClH/c1-2-13-8-10-15(11-9-13)16(17)12-14-6-4-3-5-7-14;/h2-11,16H,1,12,17H2;1H/t16-;/m0./s1. The molecule has 2 aromatic rings. The van der Waals surface area contributed by atoms with Crippen molar-refractivity contribution in [1.82, 2.24) is 0 Å². The number of benzene rings is 2. The zero-order valence-corrected chi connectivity index (χ0v) is 11.1. The second-order valence-corrected chi connectivity index (χ2v) is 4.17. The SMILES string of the molecule is C=Cc1ccc([C@@H](N)Cc2ccccc2)cc1.Cl. The van der Waals surface area contributed by atoms with Crippen molar-refractivity contribution in [2.24, 2.45) is 5.73 Å². The minimum atomic E-state index is 0. The van der Waals surface area contributed by atoms with E-state index in [2.05, 4.69) is 30.8 Å². The highest BCUT2D eigenvalue weighted by molar-refractivity contribution is 5.85. The Kier molecular flexibility index (Phi) is 5.63. The van der Waals surface area contributed by atoms with Crippen molar-refractivity contribution in [2.45, 2.75) is 12.5 Å². The largest absolute Gasteiger partial charge is 0.324 e. The third kappa shape index (κ3) is 3.73. The second kappa shape index (κ2) is 7.00. The molecule has 0 radical (unpaired) electrons. The number of rotatable bonds is 4. The summed E-state index contributed by atoms with van der Waals surface area (Å²) >= 11 is 0. The lowest BCUT2D eigenvalue weighted by atomic mass is 9.99. The summed E-state index contributed by atoms with van der Waals surface area (Å²) in [6, 6.07) is 18.6. The quantitative estimate of drug-likeness (QED) is 0.883. The minimum absolute atomic E-state index is 0. The monoisotopic (exact) mass is 259 g/mol. The first-order valence-corrected chi connectivity index (χ1v) is 5.81. The van der Waals surface area contributed by atoms with Crippen LogP contribution in [0.2, 0.25) is 0 Å². The summed E-state index contributed by atoms with van der Waals surface area (Å²) in [5.41, 5.74) is 9.76. The van der Waals surface area contributed by atoms with E-state index in [1.807, 2.05) is 36.4 Å². The van der Waals surface area contributed by atoms with Crippen LogP contribution >= 0.6 is 12.4 Å². The first-order valence-electron chi connectivity index (χ1n) is 5.81. The van der Waals surface area contributed by atoms with E-state index in [4.69, 9.17) is 5.73 Å². The summed E-state index contributed by atoms with van der Waals surface area (Å²) in [4.78, 5) is 0. The smallest absolute Gasteiger partial charge is 0.0335 e. The van der Waals surface area contributed by atoms with Crippen molar-refractivity contribution < 1.29 is 0 Å². The molecule has 2 heteroatoms. The van der Waals surface area contributed by atoms with Crippen molar-refractivity contribution in [1.29, 1.82) is 0 Å². The van der Waals surface area contributed by atoms with Gasteiger partial charge in [-0.05, 0) is 23.1 Å². The van der Waals surface area contributed by atoms with Gasteiger partial charge < -0.3 is 5.73 Å². The van der Waals surface area contributed by atoms with Gasteiger partial charge in [-0.3, -0.25) is 0 Å². The van der Waals surface area contributed by atoms with E-state index >= 15 is 0 Å². The first kappa shape index (κ1) is 14.5. The Bertz CT molecular complexity index is 476. The third-order valence-corrected chi connectivity index (χ3v) is 2.90. The van der Waals surface area contributed by atoms with Crippen LogP contribution in [0.4, 0.5) is 0 Å². The van der Waals surface area contributed by atoms with E-state index in [1.54, 1.807) is 0 Å². The maximum atomic E-state index is 6.19. The molecule has 0 heterocycles. The Hall–Kier alpha value is -1.57. The fourth-order valence-corrected chi connectivity index (χ4v) is 1.87. The lowest BCUT2D eigenvalue weighted by molar-refractivity contribution is 0.722. The highest BCUT2D eigenvalue weighted by Crippen LogP contribution is 2.16. The Morgan fingerprint density at radius 2 is 1.61 bits per heavy atom. The second-order valence-electron chi connectivity index (χ2n) is 4.17. The van der Waals surface area contributed by atoms with Crippen molar-refractivity contribution in [3.8, 4) is 0 Å². The molecular formula is C16H18ClN. The predicted molar refractivity (Wildman–Crippen MR) is 80.9 cm³/mol. The van der Waals surface area contributed by atoms with Crippen LogP contribution in [0.25, 0.3) is 6.08 Å². The molecule has 0 spiro atoms. The Balaban J connectivity index is 0.00000162. The van der Waals surface area contributed by atoms with Crippen LogP contribution in [0, 0.1) is 0 Å². The summed E-state index contributed by atoms with van der Waals surface area (Å²) in [5, 5.41) is 0. The van der Waals surface area contributed by atoms with E-state index in [-0.39, 0.29) is 18.4 Å². The van der Waals surface area contributed by atoms with Crippen LogP contribution in [0.1, 0.15) is 22.7 Å². The maximum Gasteiger partial charge on any atom is 0.0335 e. The van der Waals surface area contributed by atoms with Gasteiger partial charge >= 0.3 is 0 Å². The molecule has 0 saturated heterocycles. The average Bonchev–Trinajstić information content (AvgIpc) is 2.40. The Morgan fingerprint density at radius 1 is 1.00 bits per heavy atom. The molecule has 1 atom stereocenters. The van der Waals surface area contributed by atoms with Gasteiger partial charge in [-0.2, -0.15) is 0 Å². The molecule has 0 amide bonds. The molecule has 0 aliphatic heterocycles. The number of nitrogens with two attached hydrogens (primary N) is 1. The lowest BCUT2D eigenvalue weighted by Crippen LogP contribution is -2.13. The number of hydrogen-bond acceptors (Lipinski definition) is 1. The fourth-order valence-electron chi connectivity index (χ4n) is 1.87. The molecule has 0 aliphatic rings. The maximum absolute atomic E-state index is 6.19. The molecule has 0 aromatic heterocycles. The molecule has 0 bridgehead atoms. The summed E-state index contributed by atoms with van der Waals surface area (Å²) in [6.07, 6.45) is 2.71. The zero-order chi connectivity index (χ0) is 12.1.